The van der Waals surface area contributed by atoms with Gasteiger partial charge in [-0.3, -0.25) is 0 Å². The van der Waals surface area contributed by atoms with Gasteiger partial charge in [-0.15, -0.1) is 0 Å². The van der Waals surface area contributed by atoms with Crippen LogP contribution in [0.5, 0.6) is 5.75 Å². The fourth-order valence-corrected chi connectivity index (χ4v) is 4.79. The standard InChI is InChI=1S/C33H32N2O6/c1-20-24-15-14-23(18-29(24)40-30(36)26(20)16-21-10-6-5-7-11-21)39-31(37)28(35-32(38)41-33(2,3)4)17-22-19-34-27-13-9-8-12-25(22)27/h5-15,18-19,28,34H,16-17H2,1-4H3,(H,35,38)/t28-/m0/s1. The molecule has 0 radical (unpaired) electrons. The lowest BCUT2D eigenvalue weighted by Crippen LogP contribution is -2.46. The van der Waals surface area contributed by atoms with Gasteiger partial charge in [0.2, 0.25) is 0 Å². The summed E-state index contributed by atoms with van der Waals surface area (Å²) >= 11 is 0. The Morgan fingerprint density at radius 2 is 1.71 bits per heavy atom. The van der Waals surface area contributed by atoms with Crippen molar-refractivity contribution in [1.29, 1.82) is 0 Å². The van der Waals surface area contributed by atoms with Crippen LogP contribution in [0.4, 0.5) is 4.79 Å². The highest BCUT2D eigenvalue weighted by molar-refractivity contribution is 5.88. The van der Waals surface area contributed by atoms with Gasteiger partial charge in [0.15, 0.2) is 0 Å². The molecule has 1 atom stereocenters. The van der Waals surface area contributed by atoms with Crippen molar-refractivity contribution in [2.75, 3.05) is 0 Å². The summed E-state index contributed by atoms with van der Waals surface area (Å²) in [5.74, 6) is -0.490. The summed E-state index contributed by atoms with van der Waals surface area (Å²) in [4.78, 5) is 42.1. The molecule has 8 nitrogen and oxygen atoms in total. The Labute approximate surface area is 237 Å². The number of carbonyl (C=O) groups excluding carboxylic acids is 2. The first kappa shape index (κ1) is 27.7. The van der Waals surface area contributed by atoms with Crippen LogP contribution < -0.4 is 15.7 Å². The maximum atomic E-state index is 13.4. The van der Waals surface area contributed by atoms with Crippen molar-refractivity contribution in [3.63, 3.8) is 0 Å². The Morgan fingerprint density at radius 3 is 2.46 bits per heavy atom. The number of amides is 1. The zero-order chi connectivity index (χ0) is 29.1. The molecule has 0 bridgehead atoms. The summed E-state index contributed by atoms with van der Waals surface area (Å²) in [7, 11) is 0. The highest BCUT2D eigenvalue weighted by Gasteiger charge is 2.27. The monoisotopic (exact) mass is 552 g/mol. The van der Waals surface area contributed by atoms with Crippen LogP contribution in [0.25, 0.3) is 21.9 Å². The predicted octanol–water partition coefficient (Wildman–Crippen LogP) is 6.21. The molecule has 1 amide bonds. The minimum Gasteiger partial charge on any atom is -0.444 e. The lowest BCUT2D eigenvalue weighted by molar-refractivity contribution is -0.136. The number of esters is 1. The summed E-state index contributed by atoms with van der Waals surface area (Å²) in [5, 5.41) is 4.34. The van der Waals surface area contributed by atoms with E-state index in [2.05, 4.69) is 10.3 Å². The van der Waals surface area contributed by atoms with Crippen LogP contribution in [0.15, 0.2) is 88.2 Å². The van der Waals surface area contributed by atoms with Crippen LogP contribution in [0.1, 0.15) is 43.0 Å². The molecule has 0 aliphatic carbocycles. The second-order valence-corrected chi connectivity index (χ2v) is 11.0. The highest BCUT2D eigenvalue weighted by Crippen LogP contribution is 2.26. The number of hydrogen-bond donors (Lipinski definition) is 2. The molecule has 2 heterocycles. The van der Waals surface area contributed by atoms with E-state index in [1.165, 1.54) is 6.07 Å². The number of aromatic amines is 1. The molecule has 3 aromatic carbocycles. The molecule has 0 unspecified atom stereocenters. The Balaban J connectivity index is 1.40. The molecule has 41 heavy (non-hydrogen) atoms. The number of alkyl carbamates (subject to hydrolysis) is 1. The molecule has 8 heteroatoms. The number of hydrogen-bond acceptors (Lipinski definition) is 6. The number of carbonyl (C=O) groups is 2. The molecule has 210 valence electrons. The van der Waals surface area contributed by atoms with E-state index in [0.29, 0.717) is 17.6 Å². The van der Waals surface area contributed by atoms with E-state index >= 15 is 0 Å². The predicted molar refractivity (Wildman–Crippen MR) is 157 cm³/mol. The molecule has 0 spiro atoms. The zero-order valence-electron chi connectivity index (χ0n) is 23.4. The molecular weight excluding hydrogens is 520 g/mol. The van der Waals surface area contributed by atoms with Crippen molar-refractivity contribution in [3.05, 3.63) is 112 Å². The first-order valence-electron chi connectivity index (χ1n) is 13.4. The van der Waals surface area contributed by atoms with Crippen LogP contribution in [0, 0.1) is 6.92 Å². The molecule has 0 fully saturated rings. The van der Waals surface area contributed by atoms with Gasteiger partial charge in [-0.2, -0.15) is 0 Å². The Hall–Kier alpha value is -4.85. The molecule has 0 saturated carbocycles. The molecule has 2 aromatic heterocycles. The van der Waals surface area contributed by atoms with Gasteiger partial charge in [0, 0.05) is 47.0 Å². The first-order chi connectivity index (χ1) is 19.6. The van der Waals surface area contributed by atoms with Gasteiger partial charge in [0.05, 0.1) is 0 Å². The van der Waals surface area contributed by atoms with E-state index < -0.39 is 29.3 Å². The van der Waals surface area contributed by atoms with Gasteiger partial charge < -0.3 is 24.2 Å². The number of aryl methyl sites for hydroxylation is 1. The van der Waals surface area contributed by atoms with Gasteiger partial charge in [-0.05, 0) is 62.6 Å². The Morgan fingerprint density at radius 1 is 0.976 bits per heavy atom. The molecule has 2 N–H and O–H groups in total. The van der Waals surface area contributed by atoms with Crippen molar-refractivity contribution < 1.29 is 23.5 Å². The van der Waals surface area contributed by atoms with Crippen LogP contribution in [0.2, 0.25) is 0 Å². The molecule has 5 aromatic rings. The summed E-state index contributed by atoms with van der Waals surface area (Å²) < 4.78 is 16.7. The number of benzene rings is 3. The summed E-state index contributed by atoms with van der Waals surface area (Å²) in [5.41, 5.74) is 3.27. The van der Waals surface area contributed by atoms with E-state index in [1.54, 1.807) is 32.9 Å². The van der Waals surface area contributed by atoms with Crippen LogP contribution >= 0.6 is 0 Å². The van der Waals surface area contributed by atoms with E-state index in [4.69, 9.17) is 13.9 Å². The van der Waals surface area contributed by atoms with Gasteiger partial charge in [0.25, 0.3) is 0 Å². The number of rotatable bonds is 7. The fourth-order valence-electron chi connectivity index (χ4n) is 4.79. The average Bonchev–Trinajstić information content (AvgIpc) is 3.33. The molecule has 5 rings (SSSR count). The molecule has 0 saturated heterocycles. The van der Waals surface area contributed by atoms with Crippen LogP contribution in [-0.2, 0) is 22.4 Å². The number of nitrogens with one attached hydrogen (secondary N) is 2. The van der Waals surface area contributed by atoms with Crippen molar-refractivity contribution in [2.45, 2.75) is 52.2 Å². The Bertz CT molecular complexity index is 1780. The topological polar surface area (TPSA) is 111 Å². The van der Waals surface area contributed by atoms with Crippen molar-refractivity contribution in [1.82, 2.24) is 10.3 Å². The molecule has 0 aliphatic heterocycles. The minimum atomic E-state index is -1.04. The number of ether oxygens (including phenoxy) is 2. The van der Waals surface area contributed by atoms with E-state index in [9.17, 15) is 14.4 Å². The maximum Gasteiger partial charge on any atom is 0.408 e. The third-order valence-corrected chi connectivity index (χ3v) is 6.78. The second-order valence-electron chi connectivity index (χ2n) is 11.0. The van der Waals surface area contributed by atoms with Gasteiger partial charge >= 0.3 is 17.7 Å². The maximum absolute atomic E-state index is 13.4. The normalized spacial score (nSPS) is 12.3. The summed E-state index contributed by atoms with van der Waals surface area (Å²) in [6, 6.07) is 21.3. The van der Waals surface area contributed by atoms with Crippen LogP contribution in [0.3, 0.4) is 0 Å². The van der Waals surface area contributed by atoms with E-state index in [0.717, 1.165) is 33.0 Å². The van der Waals surface area contributed by atoms with Crippen molar-refractivity contribution in [3.8, 4) is 5.75 Å². The summed E-state index contributed by atoms with van der Waals surface area (Å²) in [6.07, 6.45) is 1.70. The van der Waals surface area contributed by atoms with Crippen molar-refractivity contribution in [2.24, 2.45) is 0 Å². The highest BCUT2D eigenvalue weighted by atomic mass is 16.6. The lowest BCUT2D eigenvalue weighted by Gasteiger charge is -2.23. The molecule has 0 aliphatic rings. The first-order valence-corrected chi connectivity index (χ1v) is 13.4. The van der Waals surface area contributed by atoms with E-state index in [1.807, 2.05) is 67.7 Å². The van der Waals surface area contributed by atoms with Crippen LogP contribution in [-0.4, -0.2) is 28.7 Å². The van der Waals surface area contributed by atoms with Gasteiger partial charge in [-0.1, -0.05) is 48.5 Å². The number of fused-ring (bicyclic) bond motifs is 2. The largest absolute Gasteiger partial charge is 0.444 e. The number of H-pyrrole nitrogens is 1. The number of aromatic nitrogens is 1. The second kappa shape index (κ2) is 11.3. The lowest BCUT2D eigenvalue weighted by atomic mass is 10.00. The third kappa shape index (κ3) is 6.49. The quantitative estimate of drug-likeness (QED) is 0.141. The minimum absolute atomic E-state index is 0.173. The van der Waals surface area contributed by atoms with Crippen molar-refractivity contribution >= 4 is 33.9 Å². The summed E-state index contributed by atoms with van der Waals surface area (Å²) in [6.45, 7) is 7.12. The Kier molecular flexibility index (Phi) is 7.66. The third-order valence-electron chi connectivity index (χ3n) is 6.78. The number of para-hydroxylation sites is 1. The zero-order valence-corrected chi connectivity index (χ0v) is 23.4. The molecular formula is C33H32N2O6. The average molecular weight is 553 g/mol. The fraction of sp³-hybridized carbons (Fsp3) is 0.242. The SMILES string of the molecule is Cc1c(Cc2ccccc2)c(=O)oc2cc(OC(=O)[C@H](Cc3c[nH]c4ccccc34)NC(=O)OC(C)(C)C)ccc12. The van der Waals surface area contributed by atoms with Gasteiger partial charge in [-0.25, -0.2) is 14.4 Å². The van der Waals surface area contributed by atoms with Gasteiger partial charge in [0.1, 0.15) is 23.0 Å². The smallest absolute Gasteiger partial charge is 0.408 e. The van der Waals surface area contributed by atoms with E-state index in [-0.39, 0.29) is 12.2 Å².